The lowest BCUT2D eigenvalue weighted by molar-refractivity contribution is 0.200. The smallest absolute Gasteiger partial charge is 0.0947 e. The van der Waals surface area contributed by atoms with E-state index in [0.717, 1.165) is 25.6 Å². The topological polar surface area (TPSA) is 28.4 Å². The molecule has 1 aromatic rings. The molecule has 2 rings (SSSR count). The largest absolute Gasteiger partial charge is 0.472 e. The number of nitrogens with one attached hydrogen (secondary N) is 1. The predicted octanol–water partition coefficient (Wildman–Crippen LogP) is 3.52. The third-order valence-corrected chi connectivity index (χ3v) is 4.67. The molecular formula is C17H30N2O. The first-order valence-electron chi connectivity index (χ1n) is 7.96. The lowest BCUT2D eigenvalue weighted by atomic mass is 9.84. The highest BCUT2D eigenvalue weighted by Crippen LogP contribution is 2.41. The number of rotatable bonds is 7. The Kier molecular flexibility index (Phi) is 5.28. The molecule has 1 aliphatic carbocycles. The van der Waals surface area contributed by atoms with Crippen molar-refractivity contribution in [3.63, 3.8) is 0 Å². The van der Waals surface area contributed by atoms with Gasteiger partial charge in [-0.15, -0.1) is 0 Å². The fourth-order valence-corrected chi connectivity index (χ4v) is 3.62. The lowest BCUT2D eigenvalue weighted by Gasteiger charge is -2.33. The van der Waals surface area contributed by atoms with E-state index in [-0.39, 0.29) is 0 Å². The molecular weight excluding hydrogens is 248 g/mol. The summed E-state index contributed by atoms with van der Waals surface area (Å²) in [6.07, 6.45) is 7.49. The molecule has 0 aliphatic heterocycles. The predicted molar refractivity (Wildman–Crippen MR) is 83.6 cm³/mol. The van der Waals surface area contributed by atoms with Crippen molar-refractivity contribution in [2.24, 2.45) is 11.3 Å². The second-order valence-corrected chi connectivity index (χ2v) is 7.05. The molecule has 3 heteroatoms. The Morgan fingerprint density at radius 1 is 1.45 bits per heavy atom. The van der Waals surface area contributed by atoms with Gasteiger partial charge in [0, 0.05) is 24.7 Å². The molecule has 1 heterocycles. The van der Waals surface area contributed by atoms with Crippen LogP contribution >= 0.6 is 0 Å². The van der Waals surface area contributed by atoms with Crippen LogP contribution in [0.2, 0.25) is 0 Å². The molecule has 1 fully saturated rings. The maximum atomic E-state index is 5.15. The van der Waals surface area contributed by atoms with Crippen LogP contribution in [0.4, 0.5) is 0 Å². The third kappa shape index (κ3) is 3.86. The summed E-state index contributed by atoms with van der Waals surface area (Å²) in [5.41, 5.74) is 1.69. The quantitative estimate of drug-likeness (QED) is 0.827. The van der Waals surface area contributed by atoms with Gasteiger partial charge in [-0.3, -0.25) is 0 Å². The second-order valence-electron chi connectivity index (χ2n) is 7.05. The van der Waals surface area contributed by atoms with E-state index in [1.165, 1.54) is 24.8 Å². The van der Waals surface area contributed by atoms with Crippen molar-refractivity contribution in [2.45, 2.75) is 52.6 Å². The van der Waals surface area contributed by atoms with Crippen molar-refractivity contribution in [3.05, 3.63) is 24.2 Å². The molecule has 1 N–H and O–H groups in total. The van der Waals surface area contributed by atoms with Crippen LogP contribution in [0.1, 0.15) is 45.6 Å². The first-order valence-corrected chi connectivity index (χ1v) is 7.96. The highest BCUT2D eigenvalue weighted by Gasteiger charge is 2.41. The standard InChI is InChI=1S/C17H30N2O/c1-5-9-18-16-15(6-8-17(16,2)3)12-19(4)11-14-7-10-20-13-14/h7,10,13,15-16,18H,5-6,8-9,11-12H2,1-4H3. The number of nitrogens with zero attached hydrogens (tertiary/aromatic N) is 1. The molecule has 2 unspecified atom stereocenters. The summed E-state index contributed by atoms with van der Waals surface area (Å²) in [6, 6.07) is 2.70. The zero-order valence-electron chi connectivity index (χ0n) is 13.5. The zero-order chi connectivity index (χ0) is 14.6. The Balaban J connectivity index is 1.89. The Morgan fingerprint density at radius 3 is 2.90 bits per heavy atom. The van der Waals surface area contributed by atoms with Crippen LogP contribution in [0.25, 0.3) is 0 Å². The molecule has 3 nitrogen and oxygen atoms in total. The van der Waals surface area contributed by atoms with Gasteiger partial charge in [-0.05, 0) is 50.3 Å². The number of furan rings is 1. The van der Waals surface area contributed by atoms with E-state index in [1.54, 1.807) is 6.26 Å². The molecule has 0 saturated heterocycles. The van der Waals surface area contributed by atoms with Crippen LogP contribution in [-0.2, 0) is 6.54 Å². The molecule has 2 atom stereocenters. The van der Waals surface area contributed by atoms with Crippen molar-refractivity contribution >= 4 is 0 Å². The first-order chi connectivity index (χ1) is 9.53. The minimum absolute atomic E-state index is 0.427. The van der Waals surface area contributed by atoms with Crippen LogP contribution in [-0.4, -0.2) is 31.1 Å². The van der Waals surface area contributed by atoms with Gasteiger partial charge in [0.15, 0.2) is 0 Å². The fraction of sp³-hybridized carbons (Fsp3) is 0.765. The number of hydrogen-bond acceptors (Lipinski definition) is 3. The van der Waals surface area contributed by atoms with E-state index in [0.29, 0.717) is 11.5 Å². The van der Waals surface area contributed by atoms with Crippen molar-refractivity contribution in [1.82, 2.24) is 10.2 Å². The average molecular weight is 278 g/mol. The van der Waals surface area contributed by atoms with Crippen molar-refractivity contribution < 1.29 is 4.42 Å². The third-order valence-electron chi connectivity index (χ3n) is 4.67. The highest BCUT2D eigenvalue weighted by molar-refractivity contribution is 5.05. The lowest BCUT2D eigenvalue weighted by Crippen LogP contribution is -2.45. The molecule has 1 aromatic heterocycles. The molecule has 1 saturated carbocycles. The van der Waals surface area contributed by atoms with Gasteiger partial charge in [0.05, 0.1) is 12.5 Å². The van der Waals surface area contributed by atoms with Gasteiger partial charge in [0.2, 0.25) is 0 Å². The van der Waals surface area contributed by atoms with Crippen LogP contribution < -0.4 is 5.32 Å². The first kappa shape index (κ1) is 15.6. The van der Waals surface area contributed by atoms with Gasteiger partial charge in [-0.2, -0.15) is 0 Å². The molecule has 0 spiro atoms. The van der Waals surface area contributed by atoms with E-state index in [2.05, 4.69) is 44.1 Å². The zero-order valence-corrected chi connectivity index (χ0v) is 13.5. The second kappa shape index (κ2) is 6.77. The van der Waals surface area contributed by atoms with Gasteiger partial charge in [-0.25, -0.2) is 0 Å². The van der Waals surface area contributed by atoms with Gasteiger partial charge < -0.3 is 14.6 Å². The maximum absolute atomic E-state index is 5.15. The summed E-state index contributed by atoms with van der Waals surface area (Å²) >= 11 is 0. The van der Waals surface area contributed by atoms with Gasteiger partial charge >= 0.3 is 0 Å². The normalized spacial score (nSPS) is 25.4. The van der Waals surface area contributed by atoms with Crippen molar-refractivity contribution in [2.75, 3.05) is 20.1 Å². The van der Waals surface area contributed by atoms with E-state index in [4.69, 9.17) is 4.42 Å². The summed E-state index contributed by atoms with van der Waals surface area (Å²) in [4.78, 5) is 2.43. The average Bonchev–Trinajstić information content (AvgIpc) is 2.97. The highest BCUT2D eigenvalue weighted by atomic mass is 16.3. The summed E-state index contributed by atoms with van der Waals surface area (Å²) in [5.74, 6) is 0.758. The van der Waals surface area contributed by atoms with Crippen LogP contribution in [0.5, 0.6) is 0 Å². The summed E-state index contributed by atoms with van der Waals surface area (Å²) in [6.45, 7) is 10.3. The minimum atomic E-state index is 0.427. The van der Waals surface area contributed by atoms with Gasteiger partial charge in [0.1, 0.15) is 0 Å². The number of hydrogen-bond donors (Lipinski definition) is 1. The molecule has 0 bridgehead atoms. The monoisotopic (exact) mass is 278 g/mol. The van der Waals surface area contributed by atoms with Gasteiger partial charge in [0.25, 0.3) is 0 Å². The van der Waals surface area contributed by atoms with E-state index in [1.807, 2.05) is 6.26 Å². The fourth-order valence-electron chi connectivity index (χ4n) is 3.62. The SMILES string of the molecule is CCCNC1C(CN(C)Cc2ccoc2)CCC1(C)C. The Labute approximate surface area is 123 Å². The van der Waals surface area contributed by atoms with E-state index in [9.17, 15) is 0 Å². The van der Waals surface area contributed by atoms with Crippen LogP contribution in [0.15, 0.2) is 23.0 Å². The van der Waals surface area contributed by atoms with Crippen LogP contribution in [0.3, 0.4) is 0 Å². The molecule has 1 aliphatic rings. The van der Waals surface area contributed by atoms with E-state index >= 15 is 0 Å². The molecule has 0 aromatic carbocycles. The molecule has 114 valence electrons. The van der Waals surface area contributed by atoms with Crippen molar-refractivity contribution in [1.29, 1.82) is 0 Å². The molecule has 20 heavy (non-hydrogen) atoms. The van der Waals surface area contributed by atoms with E-state index < -0.39 is 0 Å². The molecule has 0 amide bonds. The maximum Gasteiger partial charge on any atom is 0.0947 e. The summed E-state index contributed by atoms with van der Waals surface area (Å²) in [5, 5.41) is 3.79. The Hall–Kier alpha value is -0.800. The van der Waals surface area contributed by atoms with Crippen LogP contribution in [0, 0.1) is 11.3 Å². The summed E-state index contributed by atoms with van der Waals surface area (Å²) in [7, 11) is 2.22. The molecule has 0 radical (unpaired) electrons. The minimum Gasteiger partial charge on any atom is -0.472 e. The Morgan fingerprint density at radius 2 is 2.25 bits per heavy atom. The Bertz CT molecular complexity index is 386. The summed E-state index contributed by atoms with van der Waals surface area (Å²) < 4.78 is 5.15. The van der Waals surface area contributed by atoms with Gasteiger partial charge in [-0.1, -0.05) is 20.8 Å². The van der Waals surface area contributed by atoms with Crippen molar-refractivity contribution in [3.8, 4) is 0 Å².